The van der Waals surface area contributed by atoms with Crippen LogP contribution >= 0.6 is 11.5 Å². The molecule has 3 aromatic rings. The van der Waals surface area contributed by atoms with E-state index in [0.29, 0.717) is 6.61 Å². The second-order valence-corrected chi connectivity index (χ2v) is 6.86. The SMILES string of the molecule is CC1(c2ccccc2)CN(c2nc(-c3ccccc3)ns2)CCO1. The third-order valence-corrected chi connectivity index (χ3v) is 5.15. The number of ether oxygens (including phenoxy) is 1. The first-order valence-corrected chi connectivity index (χ1v) is 8.85. The number of nitrogens with zero attached hydrogens (tertiary/aromatic N) is 3. The van der Waals surface area contributed by atoms with Gasteiger partial charge >= 0.3 is 0 Å². The lowest BCUT2D eigenvalue weighted by molar-refractivity contribution is -0.0465. The number of hydrogen-bond donors (Lipinski definition) is 0. The highest BCUT2D eigenvalue weighted by molar-refractivity contribution is 7.09. The van der Waals surface area contributed by atoms with E-state index in [1.54, 1.807) is 0 Å². The van der Waals surface area contributed by atoms with Gasteiger partial charge in [-0.05, 0) is 12.5 Å². The smallest absolute Gasteiger partial charge is 0.205 e. The lowest BCUT2D eigenvalue weighted by Gasteiger charge is -2.40. The Morgan fingerprint density at radius 2 is 1.75 bits per heavy atom. The minimum atomic E-state index is -0.321. The van der Waals surface area contributed by atoms with Crippen LogP contribution in [0.5, 0.6) is 0 Å². The van der Waals surface area contributed by atoms with Crippen LogP contribution in [0.3, 0.4) is 0 Å². The molecule has 1 fully saturated rings. The van der Waals surface area contributed by atoms with Crippen molar-refractivity contribution in [2.45, 2.75) is 12.5 Å². The molecule has 1 aliphatic rings. The summed E-state index contributed by atoms with van der Waals surface area (Å²) in [4.78, 5) is 7.02. The second-order valence-electron chi connectivity index (χ2n) is 6.13. The van der Waals surface area contributed by atoms with Gasteiger partial charge in [0.25, 0.3) is 0 Å². The first kappa shape index (κ1) is 15.3. The van der Waals surface area contributed by atoms with Crippen molar-refractivity contribution in [2.75, 3.05) is 24.6 Å². The third-order valence-electron chi connectivity index (χ3n) is 4.38. The first-order chi connectivity index (χ1) is 11.7. The highest BCUT2D eigenvalue weighted by Gasteiger charge is 2.35. The Bertz CT molecular complexity index is 806. The van der Waals surface area contributed by atoms with E-state index >= 15 is 0 Å². The fourth-order valence-electron chi connectivity index (χ4n) is 3.05. The van der Waals surface area contributed by atoms with Crippen molar-refractivity contribution in [3.8, 4) is 11.4 Å². The number of aromatic nitrogens is 2. The molecule has 24 heavy (non-hydrogen) atoms. The zero-order valence-electron chi connectivity index (χ0n) is 13.6. The van der Waals surface area contributed by atoms with Crippen molar-refractivity contribution in [1.82, 2.24) is 9.36 Å². The van der Waals surface area contributed by atoms with Gasteiger partial charge in [-0.1, -0.05) is 60.7 Å². The van der Waals surface area contributed by atoms with Crippen LogP contribution in [-0.4, -0.2) is 29.1 Å². The van der Waals surface area contributed by atoms with E-state index in [0.717, 1.165) is 29.6 Å². The quantitative estimate of drug-likeness (QED) is 0.725. The van der Waals surface area contributed by atoms with E-state index in [-0.39, 0.29) is 5.60 Å². The van der Waals surface area contributed by atoms with Crippen molar-refractivity contribution < 1.29 is 4.74 Å². The Morgan fingerprint density at radius 1 is 1.04 bits per heavy atom. The van der Waals surface area contributed by atoms with E-state index in [9.17, 15) is 0 Å². The highest BCUT2D eigenvalue weighted by atomic mass is 32.1. The Kier molecular flexibility index (Phi) is 4.04. The molecule has 0 bridgehead atoms. The fourth-order valence-corrected chi connectivity index (χ4v) is 3.76. The lowest BCUT2D eigenvalue weighted by Crippen LogP contribution is -2.48. The molecule has 0 spiro atoms. The van der Waals surface area contributed by atoms with E-state index in [1.165, 1.54) is 17.1 Å². The first-order valence-electron chi connectivity index (χ1n) is 8.08. The summed E-state index contributed by atoms with van der Waals surface area (Å²) < 4.78 is 10.6. The molecule has 122 valence electrons. The second kappa shape index (κ2) is 6.34. The number of hydrogen-bond acceptors (Lipinski definition) is 5. The van der Waals surface area contributed by atoms with Gasteiger partial charge in [-0.15, -0.1) is 0 Å². The van der Waals surface area contributed by atoms with Gasteiger partial charge in [-0.25, -0.2) is 0 Å². The fraction of sp³-hybridized carbons (Fsp3) is 0.263. The van der Waals surface area contributed by atoms with E-state index in [1.807, 2.05) is 36.4 Å². The summed E-state index contributed by atoms with van der Waals surface area (Å²) >= 11 is 1.46. The average Bonchev–Trinajstić information content (AvgIpc) is 3.14. The van der Waals surface area contributed by atoms with Crippen LogP contribution in [-0.2, 0) is 10.3 Å². The molecule has 1 aliphatic heterocycles. The van der Waals surface area contributed by atoms with Crippen LogP contribution in [0, 0.1) is 0 Å². The molecule has 0 radical (unpaired) electrons. The van der Waals surface area contributed by atoms with Gasteiger partial charge in [0.1, 0.15) is 5.60 Å². The predicted molar refractivity (Wildman–Crippen MR) is 97.3 cm³/mol. The van der Waals surface area contributed by atoms with Crippen LogP contribution in [0.4, 0.5) is 5.13 Å². The third kappa shape index (κ3) is 2.92. The van der Waals surface area contributed by atoms with Crippen LogP contribution < -0.4 is 4.90 Å². The maximum absolute atomic E-state index is 6.11. The molecule has 2 heterocycles. The molecular weight excluding hydrogens is 318 g/mol. The van der Waals surface area contributed by atoms with E-state index in [2.05, 4.69) is 40.5 Å². The molecule has 4 rings (SSSR count). The van der Waals surface area contributed by atoms with Crippen molar-refractivity contribution in [3.05, 3.63) is 66.2 Å². The summed E-state index contributed by atoms with van der Waals surface area (Å²) in [6.45, 7) is 4.45. The number of morpholine rings is 1. The number of anilines is 1. The normalized spacial score (nSPS) is 21.0. The molecule has 1 atom stereocenters. The topological polar surface area (TPSA) is 38.2 Å². The van der Waals surface area contributed by atoms with Crippen LogP contribution in [0.2, 0.25) is 0 Å². The minimum absolute atomic E-state index is 0.321. The standard InChI is InChI=1S/C19H19N3OS/c1-19(16-10-6-3-7-11-16)14-22(12-13-23-19)18-20-17(21-24-18)15-8-4-2-5-9-15/h2-11H,12-14H2,1H3. The summed E-state index contributed by atoms with van der Waals surface area (Å²) in [7, 11) is 0. The molecule has 4 nitrogen and oxygen atoms in total. The maximum atomic E-state index is 6.11. The number of benzene rings is 2. The largest absolute Gasteiger partial charge is 0.367 e. The van der Waals surface area contributed by atoms with Gasteiger partial charge in [-0.2, -0.15) is 9.36 Å². The van der Waals surface area contributed by atoms with Gasteiger partial charge in [0.2, 0.25) is 5.13 Å². The van der Waals surface area contributed by atoms with Crippen molar-refractivity contribution in [3.63, 3.8) is 0 Å². The maximum Gasteiger partial charge on any atom is 0.205 e. The zero-order chi connectivity index (χ0) is 16.4. The molecule has 1 aromatic heterocycles. The molecule has 0 saturated carbocycles. The van der Waals surface area contributed by atoms with Crippen molar-refractivity contribution in [2.24, 2.45) is 0 Å². The summed E-state index contributed by atoms with van der Waals surface area (Å²) in [5, 5.41) is 0.958. The van der Waals surface area contributed by atoms with Crippen LogP contribution in [0.25, 0.3) is 11.4 Å². The van der Waals surface area contributed by atoms with Crippen molar-refractivity contribution >= 4 is 16.7 Å². The monoisotopic (exact) mass is 337 g/mol. The molecule has 0 amide bonds. The minimum Gasteiger partial charge on any atom is -0.367 e. The summed E-state index contributed by atoms with van der Waals surface area (Å²) in [5.41, 5.74) is 1.93. The summed E-state index contributed by atoms with van der Waals surface area (Å²) in [6, 6.07) is 20.5. The van der Waals surface area contributed by atoms with Gasteiger partial charge < -0.3 is 9.64 Å². The van der Waals surface area contributed by atoms with Gasteiger partial charge in [-0.3, -0.25) is 0 Å². The molecule has 2 aromatic carbocycles. The van der Waals surface area contributed by atoms with E-state index < -0.39 is 0 Å². The molecule has 1 unspecified atom stereocenters. The summed E-state index contributed by atoms with van der Waals surface area (Å²) in [6.07, 6.45) is 0. The zero-order valence-corrected chi connectivity index (χ0v) is 14.4. The Morgan fingerprint density at radius 3 is 2.50 bits per heavy atom. The van der Waals surface area contributed by atoms with Crippen LogP contribution in [0.1, 0.15) is 12.5 Å². The molecule has 0 N–H and O–H groups in total. The molecule has 0 aliphatic carbocycles. The Hall–Kier alpha value is -2.24. The molecule has 5 heteroatoms. The predicted octanol–water partition coefficient (Wildman–Crippen LogP) is 3.96. The molecular formula is C19H19N3OS. The van der Waals surface area contributed by atoms with Gasteiger partial charge in [0, 0.05) is 23.6 Å². The van der Waals surface area contributed by atoms with Crippen LogP contribution in [0.15, 0.2) is 60.7 Å². The van der Waals surface area contributed by atoms with Gasteiger partial charge in [0.15, 0.2) is 5.82 Å². The number of rotatable bonds is 3. The summed E-state index contributed by atoms with van der Waals surface area (Å²) in [5.74, 6) is 0.795. The Balaban J connectivity index is 1.58. The van der Waals surface area contributed by atoms with Gasteiger partial charge in [0.05, 0.1) is 13.2 Å². The lowest BCUT2D eigenvalue weighted by atomic mass is 9.94. The highest BCUT2D eigenvalue weighted by Crippen LogP contribution is 2.33. The molecule has 1 saturated heterocycles. The van der Waals surface area contributed by atoms with Crippen molar-refractivity contribution in [1.29, 1.82) is 0 Å². The Labute approximate surface area is 145 Å². The van der Waals surface area contributed by atoms with E-state index in [4.69, 9.17) is 9.72 Å². The average molecular weight is 337 g/mol.